The molecule has 0 saturated carbocycles. The van der Waals surface area contributed by atoms with Crippen LogP contribution < -0.4 is 10.1 Å². The predicted octanol–water partition coefficient (Wildman–Crippen LogP) is 3.22. The van der Waals surface area contributed by atoms with E-state index in [4.69, 9.17) is 16.3 Å². The van der Waals surface area contributed by atoms with Crippen molar-refractivity contribution in [1.29, 1.82) is 0 Å². The molecular weight excluding hydrogens is 288 g/mol. The summed E-state index contributed by atoms with van der Waals surface area (Å²) >= 11 is 6.33. The molecule has 0 aliphatic rings. The molecule has 0 spiro atoms. The highest BCUT2D eigenvalue weighted by atomic mass is 35.5. The molecule has 0 saturated heterocycles. The Kier molecular flexibility index (Phi) is 5.20. The number of nitrogens with one attached hydrogen (secondary N) is 1. The van der Waals surface area contributed by atoms with E-state index in [1.165, 1.54) is 0 Å². The molecule has 1 unspecified atom stereocenters. The summed E-state index contributed by atoms with van der Waals surface area (Å²) in [5, 5.41) is 8.52. The third-order valence-electron chi connectivity index (χ3n) is 3.30. The van der Waals surface area contributed by atoms with Crippen molar-refractivity contribution in [1.82, 2.24) is 20.1 Å². The molecule has 2 heterocycles. The molecule has 0 fully saturated rings. The number of aromatic nitrogens is 3. The second kappa shape index (κ2) is 6.91. The Morgan fingerprint density at radius 3 is 2.71 bits per heavy atom. The normalized spacial score (nSPS) is 12.7. The Balaban J connectivity index is 2.58. The minimum absolute atomic E-state index is 0.0923. The molecule has 0 bridgehead atoms. The number of hydrogen-bond donors (Lipinski definition) is 1. The highest BCUT2D eigenvalue weighted by molar-refractivity contribution is 6.31. The van der Waals surface area contributed by atoms with Gasteiger partial charge in [0.1, 0.15) is 5.69 Å². The monoisotopic (exact) mass is 308 g/mol. The lowest BCUT2D eigenvalue weighted by Gasteiger charge is -2.23. The fourth-order valence-electron chi connectivity index (χ4n) is 2.38. The molecule has 114 valence electrons. The largest absolute Gasteiger partial charge is 0.493 e. The molecule has 21 heavy (non-hydrogen) atoms. The number of rotatable bonds is 6. The first kappa shape index (κ1) is 15.8. The van der Waals surface area contributed by atoms with Gasteiger partial charge in [0, 0.05) is 18.4 Å². The van der Waals surface area contributed by atoms with E-state index < -0.39 is 0 Å². The van der Waals surface area contributed by atoms with Gasteiger partial charge in [-0.2, -0.15) is 5.10 Å². The molecule has 5 nitrogen and oxygen atoms in total. The average Bonchev–Trinajstić information content (AvgIpc) is 2.89. The van der Waals surface area contributed by atoms with Crippen LogP contribution in [0.2, 0.25) is 5.02 Å². The topological polar surface area (TPSA) is 52.0 Å². The van der Waals surface area contributed by atoms with Crippen LogP contribution in [0.4, 0.5) is 0 Å². The van der Waals surface area contributed by atoms with Crippen LogP contribution in [0.15, 0.2) is 24.7 Å². The van der Waals surface area contributed by atoms with Crippen LogP contribution >= 0.6 is 11.6 Å². The van der Waals surface area contributed by atoms with Crippen LogP contribution in [0.5, 0.6) is 5.75 Å². The molecule has 0 aromatic carbocycles. The average molecular weight is 309 g/mol. The molecule has 1 N–H and O–H groups in total. The van der Waals surface area contributed by atoms with E-state index in [9.17, 15) is 0 Å². The lowest BCUT2D eigenvalue weighted by Crippen LogP contribution is -2.26. The van der Waals surface area contributed by atoms with E-state index in [2.05, 4.69) is 36.2 Å². The summed E-state index contributed by atoms with van der Waals surface area (Å²) in [5.74, 6) is 0.752. The van der Waals surface area contributed by atoms with Crippen molar-refractivity contribution in [3.63, 3.8) is 0 Å². The zero-order valence-electron chi connectivity index (χ0n) is 12.8. The Morgan fingerprint density at radius 2 is 2.14 bits per heavy atom. The first-order chi connectivity index (χ1) is 10.1. The summed E-state index contributed by atoms with van der Waals surface area (Å²) in [7, 11) is 1.66. The molecule has 2 rings (SSSR count). The summed E-state index contributed by atoms with van der Waals surface area (Å²) in [6.07, 6.45) is 5.15. The summed E-state index contributed by atoms with van der Waals surface area (Å²) in [4.78, 5) is 4.06. The van der Waals surface area contributed by atoms with E-state index >= 15 is 0 Å². The Morgan fingerprint density at radius 1 is 1.38 bits per heavy atom. The molecule has 0 aliphatic heterocycles. The second-order valence-electron chi connectivity index (χ2n) is 5.02. The van der Waals surface area contributed by atoms with Crippen molar-refractivity contribution in [3.05, 3.63) is 40.9 Å². The second-order valence-corrected chi connectivity index (χ2v) is 5.43. The van der Waals surface area contributed by atoms with E-state index in [0.717, 1.165) is 23.6 Å². The van der Waals surface area contributed by atoms with Gasteiger partial charge in [0.2, 0.25) is 0 Å². The Hall–Kier alpha value is -1.59. The fraction of sp³-hybridized carbons (Fsp3) is 0.467. The molecule has 1 atom stereocenters. The molecule has 0 radical (unpaired) electrons. The minimum Gasteiger partial charge on any atom is -0.493 e. The minimum atomic E-state index is -0.0923. The van der Waals surface area contributed by atoms with Gasteiger partial charge in [-0.05, 0) is 32.0 Å². The summed E-state index contributed by atoms with van der Waals surface area (Å²) in [6, 6.07) is 2.06. The van der Waals surface area contributed by atoms with Crippen LogP contribution in [-0.2, 0) is 0 Å². The third-order valence-corrected chi connectivity index (χ3v) is 3.62. The van der Waals surface area contributed by atoms with Gasteiger partial charge in [0.05, 0.1) is 24.4 Å². The highest BCUT2D eigenvalue weighted by Gasteiger charge is 2.25. The van der Waals surface area contributed by atoms with Crippen LogP contribution in [-0.4, -0.2) is 28.4 Å². The highest BCUT2D eigenvalue weighted by Crippen LogP contribution is 2.34. The SMILES string of the molecule is CCNC(c1ccncc1Cl)c1c(OC)cnn1C(C)C. The van der Waals surface area contributed by atoms with Crippen LogP contribution in [0.1, 0.15) is 44.1 Å². The van der Waals surface area contributed by atoms with E-state index in [1.54, 1.807) is 25.7 Å². The number of nitrogens with zero attached hydrogens (tertiary/aromatic N) is 3. The molecule has 2 aromatic rings. The first-order valence-corrected chi connectivity index (χ1v) is 7.42. The molecule has 6 heteroatoms. The maximum atomic E-state index is 6.33. The van der Waals surface area contributed by atoms with Gasteiger partial charge in [0.15, 0.2) is 5.75 Å². The van der Waals surface area contributed by atoms with Crippen LogP contribution in [0.25, 0.3) is 0 Å². The van der Waals surface area contributed by atoms with E-state index in [1.807, 2.05) is 10.7 Å². The lowest BCUT2D eigenvalue weighted by atomic mass is 10.0. The van der Waals surface area contributed by atoms with Crippen molar-refractivity contribution >= 4 is 11.6 Å². The Bertz CT molecular complexity index is 597. The number of methoxy groups -OCH3 is 1. The van der Waals surface area contributed by atoms with Gasteiger partial charge in [-0.25, -0.2) is 0 Å². The number of halogens is 1. The summed E-state index contributed by atoms with van der Waals surface area (Å²) in [6.45, 7) is 7.04. The van der Waals surface area contributed by atoms with Gasteiger partial charge >= 0.3 is 0 Å². The van der Waals surface area contributed by atoms with Gasteiger partial charge < -0.3 is 10.1 Å². The van der Waals surface area contributed by atoms with E-state index in [-0.39, 0.29) is 12.1 Å². The summed E-state index contributed by atoms with van der Waals surface area (Å²) in [5.41, 5.74) is 1.94. The maximum Gasteiger partial charge on any atom is 0.161 e. The van der Waals surface area contributed by atoms with Crippen molar-refractivity contribution in [2.75, 3.05) is 13.7 Å². The Labute approximate surface area is 130 Å². The number of pyridine rings is 1. The molecular formula is C15H21ClN4O. The summed E-state index contributed by atoms with van der Waals surface area (Å²) < 4.78 is 7.44. The standard InChI is InChI=1S/C15H21ClN4O/c1-5-18-14(11-6-7-17-8-12(11)16)15-13(21-4)9-19-20(15)10(2)3/h6-10,14,18H,5H2,1-4H3. The maximum absolute atomic E-state index is 6.33. The van der Waals surface area contributed by atoms with Crippen molar-refractivity contribution in [2.45, 2.75) is 32.9 Å². The fourth-order valence-corrected chi connectivity index (χ4v) is 2.61. The molecule has 0 amide bonds. The van der Waals surface area contributed by atoms with Gasteiger partial charge in [0.25, 0.3) is 0 Å². The van der Waals surface area contributed by atoms with Crippen molar-refractivity contribution in [3.8, 4) is 5.75 Å². The van der Waals surface area contributed by atoms with Crippen molar-refractivity contribution < 1.29 is 4.74 Å². The van der Waals surface area contributed by atoms with Crippen molar-refractivity contribution in [2.24, 2.45) is 0 Å². The van der Waals surface area contributed by atoms with Gasteiger partial charge in [-0.15, -0.1) is 0 Å². The van der Waals surface area contributed by atoms with Crippen LogP contribution in [0.3, 0.4) is 0 Å². The predicted molar refractivity (Wildman–Crippen MR) is 83.9 cm³/mol. The molecule has 0 aliphatic carbocycles. The first-order valence-electron chi connectivity index (χ1n) is 7.04. The number of ether oxygens (including phenoxy) is 1. The third kappa shape index (κ3) is 3.19. The smallest absolute Gasteiger partial charge is 0.161 e. The quantitative estimate of drug-likeness (QED) is 0.890. The zero-order valence-corrected chi connectivity index (χ0v) is 13.6. The van der Waals surface area contributed by atoms with Gasteiger partial charge in [-0.1, -0.05) is 18.5 Å². The van der Waals surface area contributed by atoms with E-state index in [0.29, 0.717) is 5.02 Å². The zero-order chi connectivity index (χ0) is 15.4. The lowest BCUT2D eigenvalue weighted by molar-refractivity contribution is 0.394. The van der Waals surface area contributed by atoms with Crippen LogP contribution in [0, 0.1) is 0 Å². The van der Waals surface area contributed by atoms with Gasteiger partial charge in [-0.3, -0.25) is 9.67 Å². The number of hydrogen-bond acceptors (Lipinski definition) is 4. The molecule has 2 aromatic heterocycles.